The Kier molecular flexibility index (Phi) is 5.69. The van der Waals surface area contributed by atoms with Gasteiger partial charge in [0, 0.05) is 13.0 Å². The van der Waals surface area contributed by atoms with Gasteiger partial charge in [-0.1, -0.05) is 0 Å². The molecule has 0 aromatic carbocycles. The van der Waals surface area contributed by atoms with E-state index in [1.54, 1.807) is 13.1 Å². The lowest BCUT2D eigenvalue weighted by Crippen LogP contribution is -2.35. The first-order chi connectivity index (χ1) is 8.58. The summed E-state index contributed by atoms with van der Waals surface area (Å²) in [5, 5.41) is 13.6. The molecule has 18 heavy (non-hydrogen) atoms. The number of rotatable bonds is 7. The number of unbranched alkanes of at least 4 members (excludes halogenated alkanes) is 1. The second kappa shape index (κ2) is 7.31. The number of carbonyl (C=O) groups is 2. The van der Waals surface area contributed by atoms with Gasteiger partial charge in [-0.2, -0.15) is 0 Å². The van der Waals surface area contributed by atoms with Gasteiger partial charge in [0.15, 0.2) is 0 Å². The summed E-state index contributed by atoms with van der Waals surface area (Å²) in [6.45, 7) is 2.46. The fourth-order valence-corrected chi connectivity index (χ4v) is 1.30. The molecule has 2 amide bonds. The number of hydrogen-bond donors (Lipinski definition) is 3. The van der Waals surface area contributed by atoms with Crippen molar-refractivity contribution in [1.82, 2.24) is 15.6 Å². The highest BCUT2D eigenvalue weighted by atomic mass is 16.4. The SMILES string of the molecule is Cc1cnc(CNC(=O)NCCCCC(=O)O)o1. The van der Waals surface area contributed by atoms with Gasteiger partial charge < -0.3 is 20.2 Å². The van der Waals surface area contributed by atoms with Crippen LogP contribution in [0.4, 0.5) is 4.79 Å². The predicted molar refractivity (Wildman–Crippen MR) is 63.0 cm³/mol. The molecule has 0 atom stereocenters. The van der Waals surface area contributed by atoms with Crippen molar-refractivity contribution >= 4 is 12.0 Å². The van der Waals surface area contributed by atoms with Gasteiger partial charge in [-0.05, 0) is 19.8 Å². The number of oxazole rings is 1. The molecule has 0 saturated heterocycles. The van der Waals surface area contributed by atoms with E-state index in [2.05, 4.69) is 15.6 Å². The Morgan fingerprint density at radius 1 is 1.39 bits per heavy atom. The van der Waals surface area contributed by atoms with E-state index in [-0.39, 0.29) is 19.0 Å². The van der Waals surface area contributed by atoms with E-state index in [4.69, 9.17) is 9.52 Å². The molecule has 7 nitrogen and oxygen atoms in total. The van der Waals surface area contributed by atoms with Crippen LogP contribution in [0.2, 0.25) is 0 Å². The molecule has 3 N–H and O–H groups in total. The monoisotopic (exact) mass is 255 g/mol. The minimum atomic E-state index is -0.821. The largest absolute Gasteiger partial charge is 0.481 e. The molecule has 1 aromatic heterocycles. The summed E-state index contributed by atoms with van der Waals surface area (Å²) in [4.78, 5) is 25.5. The van der Waals surface area contributed by atoms with E-state index in [0.29, 0.717) is 31.0 Å². The van der Waals surface area contributed by atoms with Crippen molar-refractivity contribution in [2.24, 2.45) is 0 Å². The molecule has 0 aliphatic rings. The van der Waals surface area contributed by atoms with Crippen LogP contribution in [0.1, 0.15) is 30.9 Å². The molecule has 0 unspecified atom stereocenters. The van der Waals surface area contributed by atoms with Crippen LogP contribution in [-0.2, 0) is 11.3 Å². The number of urea groups is 1. The zero-order valence-electron chi connectivity index (χ0n) is 10.2. The van der Waals surface area contributed by atoms with Crippen molar-refractivity contribution in [1.29, 1.82) is 0 Å². The van der Waals surface area contributed by atoms with Gasteiger partial charge in [0.2, 0.25) is 5.89 Å². The second-order valence-electron chi connectivity index (χ2n) is 3.82. The van der Waals surface area contributed by atoms with Crippen molar-refractivity contribution < 1.29 is 19.1 Å². The highest BCUT2D eigenvalue weighted by Crippen LogP contribution is 2.00. The van der Waals surface area contributed by atoms with E-state index in [9.17, 15) is 9.59 Å². The van der Waals surface area contributed by atoms with Gasteiger partial charge in [0.25, 0.3) is 0 Å². The number of carboxylic acid groups (broad SMARTS) is 1. The molecule has 100 valence electrons. The van der Waals surface area contributed by atoms with Gasteiger partial charge in [0.05, 0.1) is 12.7 Å². The summed E-state index contributed by atoms with van der Waals surface area (Å²) < 4.78 is 5.18. The summed E-state index contributed by atoms with van der Waals surface area (Å²) in [5.41, 5.74) is 0. The molecule has 1 aromatic rings. The van der Waals surface area contributed by atoms with E-state index in [0.717, 1.165) is 0 Å². The molecule has 0 spiro atoms. The Bertz CT molecular complexity index is 403. The minimum Gasteiger partial charge on any atom is -0.481 e. The van der Waals surface area contributed by atoms with Crippen molar-refractivity contribution in [3.05, 3.63) is 17.8 Å². The molecular formula is C11H17N3O4. The van der Waals surface area contributed by atoms with Crippen molar-refractivity contribution in [3.8, 4) is 0 Å². The molecule has 7 heteroatoms. The van der Waals surface area contributed by atoms with Crippen LogP contribution < -0.4 is 10.6 Å². The van der Waals surface area contributed by atoms with Crippen molar-refractivity contribution in [2.75, 3.05) is 6.54 Å². The third-order valence-corrected chi connectivity index (χ3v) is 2.17. The summed E-state index contributed by atoms with van der Waals surface area (Å²) >= 11 is 0. The Hall–Kier alpha value is -2.05. The molecule has 0 fully saturated rings. The maximum absolute atomic E-state index is 11.3. The lowest BCUT2D eigenvalue weighted by molar-refractivity contribution is -0.137. The predicted octanol–water partition coefficient (Wildman–Crippen LogP) is 1.04. The Balaban J connectivity index is 2.05. The number of nitrogens with zero attached hydrogens (tertiary/aromatic N) is 1. The third-order valence-electron chi connectivity index (χ3n) is 2.17. The van der Waals surface area contributed by atoms with Crippen LogP contribution in [0.15, 0.2) is 10.6 Å². The molecule has 0 bridgehead atoms. The van der Waals surface area contributed by atoms with Crippen LogP contribution in [0.5, 0.6) is 0 Å². The normalized spacial score (nSPS) is 10.1. The number of aliphatic carboxylic acids is 1. The number of carboxylic acids is 1. The minimum absolute atomic E-state index is 0.124. The number of hydrogen-bond acceptors (Lipinski definition) is 4. The number of carbonyl (C=O) groups excluding carboxylic acids is 1. The first-order valence-corrected chi connectivity index (χ1v) is 5.72. The molecule has 0 aliphatic heterocycles. The van der Waals surface area contributed by atoms with E-state index >= 15 is 0 Å². The van der Waals surface area contributed by atoms with Gasteiger partial charge in [-0.3, -0.25) is 4.79 Å². The van der Waals surface area contributed by atoms with E-state index in [1.807, 2.05) is 0 Å². The van der Waals surface area contributed by atoms with Crippen LogP contribution in [0.3, 0.4) is 0 Å². The number of aromatic nitrogens is 1. The zero-order valence-corrected chi connectivity index (χ0v) is 10.2. The topological polar surface area (TPSA) is 104 Å². The molecule has 0 saturated carbocycles. The summed E-state index contributed by atoms with van der Waals surface area (Å²) in [5.74, 6) is 0.327. The first kappa shape index (κ1) is 14.0. The average Bonchev–Trinajstić information content (AvgIpc) is 2.71. The maximum atomic E-state index is 11.3. The van der Waals surface area contributed by atoms with Gasteiger partial charge in [-0.15, -0.1) is 0 Å². The Morgan fingerprint density at radius 2 is 2.17 bits per heavy atom. The van der Waals surface area contributed by atoms with Crippen molar-refractivity contribution in [2.45, 2.75) is 32.7 Å². The standard InChI is InChI=1S/C11H17N3O4/c1-8-6-13-9(18-8)7-14-11(17)12-5-3-2-4-10(15)16/h6H,2-5,7H2,1H3,(H,15,16)(H2,12,14,17). The molecule has 0 aliphatic carbocycles. The number of nitrogens with one attached hydrogen (secondary N) is 2. The molecular weight excluding hydrogens is 238 g/mol. The molecule has 1 heterocycles. The van der Waals surface area contributed by atoms with Gasteiger partial charge in [-0.25, -0.2) is 9.78 Å². The highest BCUT2D eigenvalue weighted by Gasteiger charge is 2.04. The Morgan fingerprint density at radius 3 is 2.78 bits per heavy atom. The fraction of sp³-hybridized carbons (Fsp3) is 0.545. The average molecular weight is 255 g/mol. The zero-order chi connectivity index (χ0) is 13.4. The second-order valence-corrected chi connectivity index (χ2v) is 3.82. The lowest BCUT2D eigenvalue weighted by atomic mass is 10.2. The lowest BCUT2D eigenvalue weighted by Gasteiger charge is -2.05. The van der Waals surface area contributed by atoms with Gasteiger partial charge >= 0.3 is 12.0 Å². The quantitative estimate of drug-likeness (QED) is 0.631. The van der Waals surface area contributed by atoms with E-state index in [1.165, 1.54) is 0 Å². The van der Waals surface area contributed by atoms with Crippen LogP contribution in [0.25, 0.3) is 0 Å². The maximum Gasteiger partial charge on any atom is 0.315 e. The number of amides is 2. The van der Waals surface area contributed by atoms with Crippen LogP contribution in [-0.4, -0.2) is 28.6 Å². The first-order valence-electron chi connectivity index (χ1n) is 5.72. The van der Waals surface area contributed by atoms with Crippen LogP contribution in [0, 0.1) is 6.92 Å². The highest BCUT2D eigenvalue weighted by molar-refractivity contribution is 5.73. The fourth-order valence-electron chi connectivity index (χ4n) is 1.30. The van der Waals surface area contributed by atoms with Crippen LogP contribution >= 0.6 is 0 Å². The van der Waals surface area contributed by atoms with Gasteiger partial charge in [0.1, 0.15) is 5.76 Å². The summed E-state index contributed by atoms with van der Waals surface area (Å²) in [6, 6.07) is -0.318. The smallest absolute Gasteiger partial charge is 0.315 e. The molecule has 1 rings (SSSR count). The summed E-state index contributed by atoms with van der Waals surface area (Å²) in [6.07, 6.45) is 2.89. The van der Waals surface area contributed by atoms with Crippen molar-refractivity contribution in [3.63, 3.8) is 0 Å². The molecule has 0 radical (unpaired) electrons. The summed E-state index contributed by atoms with van der Waals surface area (Å²) in [7, 11) is 0. The Labute approximate surface area is 105 Å². The number of aryl methyl sites for hydroxylation is 1. The third kappa shape index (κ3) is 5.88. The van der Waals surface area contributed by atoms with E-state index < -0.39 is 5.97 Å².